The van der Waals surface area contributed by atoms with Crippen LogP contribution < -0.4 is 5.32 Å². The highest BCUT2D eigenvalue weighted by molar-refractivity contribution is 7.18. The van der Waals surface area contributed by atoms with E-state index in [4.69, 9.17) is 23.2 Å². The van der Waals surface area contributed by atoms with E-state index in [0.717, 1.165) is 33.6 Å². The van der Waals surface area contributed by atoms with E-state index in [1.807, 2.05) is 17.5 Å². The molecule has 1 N–H and O–H groups in total. The molecule has 0 saturated heterocycles. The van der Waals surface area contributed by atoms with Crippen LogP contribution in [-0.2, 0) is 6.54 Å². The Balaban J connectivity index is 1.69. The number of rotatable bonds is 3. The number of nitrogens with zero attached hydrogens (tertiary/aromatic N) is 2. The molecule has 0 radical (unpaired) electrons. The molecule has 0 unspecified atom stereocenters. The van der Waals surface area contributed by atoms with E-state index in [1.165, 1.54) is 4.88 Å². The lowest BCUT2D eigenvalue weighted by Gasteiger charge is -2.06. The fourth-order valence-electron chi connectivity index (χ4n) is 2.40. The summed E-state index contributed by atoms with van der Waals surface area (Å²) in [7, 11) is 0. The minimum absolute atomic E-state index is 0.439. The van der Waals surface area contributed by atoms with Gasteiger partial charge < -0.3 is 5.32 Å². The zero-order valence-corrected chi connectivity index (χ0v) is 16.4. The van der Waals surface area contributed by atoms with Crippen LogP contribution in [0.3, 0.4) is 0 Å². The van der Waals surface area contributed by atoms with Gasteiger partial charge in [0.1, 0.15) is 10.7 Å². The van der Waals surface area contributed by atoms with Crippen LogP contribution in [0.5, 0.6) is 0 Å². The third-order valence-electron chi connectivity index (χ3n) is 3.63. The molecule has 7 heteroatoms. The highest BCUT2D eigenvalue weighted by Gasteiger charge is 2.11. The lowest BCUT2D eigenvalue weighted by Crippen LogP contribution is -1.98. The molecule has 26 heavy (non-hydrogen) atoms. The largest absolute Gasteiger partial charge is 0.379 e. The molecular formula is C19H11Cl2N3S2. The number of fused-ring (bicyclic) bond motifs is 1. The molecule has 4 aromatic heterocycles. The third-order valence-corrected chi connectivity index (χ3v) is 6.00. The van der Waals surface area contributed by atoms with Gasteiger partial charge in [-0.3, -0.25) is 4.98 Å². The second-order valence-electron chi connectivity index (χ2n) is 5.36. The molecule has 0 aromatic carbocycles. The smallest absolute Gasteiger partial charge is 0.131 e. The second kappa shape index (κ2) is 7.65. The first-order chi connectivity index (χ1) is 12.7. The van der Waals surface area contributed by atoms with E-state index in [2.05, 4.69) is 38.6 Å². The average Bonchev–Trinajstić information content (AvgIpc) is 3.29. The highest BCUT2D eigenvalue weighted by Crippen LogP contribution is 2.33. The Bertz CT molecular complexity index is 1120. The first kappa shape index (κ1) is 17.3. The molecule has 0 aliphatic rings. The minimum Gasteiger partial charge on any atom is -0.379 e. The number of hydrogen-bond donors (Lipinski definition) is 1. The van der Waals surface area contributed by atoms with Crippen molar-refractivity contribution in [2.75, 3.05) is 5.32 Å². The van der Waals surface area contributed by atoms with Gasteiger partial charge in [-0.1, -0.05) is 41.1 Å². The van der Waals surface area contributed by atoms with Crippen LogP contribution in [0.1, 0.15) is 16.0 Å². The molecule has 0 bridgehead atoms. The predicted octanol–water partition coefficient (Wildman–Crippen LogP) is 6.07. The van der Waals surface area contributed by atoms with Gasteiger partial charge in [-0.15, -0.1) is 22.7 Å². The Morgan fingerprint density at radius 2 is 2.00 bits per heavy atom. The van der Waals surface area contributed by atoms with Crippen molar-refractivity contribution < 1.29 is 0 Å². The monoisotopic (exact) mass is 415 g/mol. The van der Waals surface area contributed by atoms with Gasteiger partial charge in [0, 0.05) is 40.8 Å². The van der Waals surface area contributed by atoms with Crippen molar-refractivity contribution in [2.45, 2.75) is 6.54 Å². The van der Waals surface area contributed by atoms with Crippen molar-refractivity contribution in [3.05, 3.63) is 73.6 Å². The SMILES string of the molecule is Clc1cc(NCc2cccs2)c2scc(C#Cc3ccncc3Cl)c2n1. The van der Waals surface area contributed by atoms with Crippen LogP contribution in [0.4, 0.5) is 5.69 Å². The van der Waals surface area contributed by atoms with Crippen LogP contribution >= 0.6 is 45.9 Å². The van der Waals surface area contributed by atoms with Crippen LogP contribution in [0, 0.1) is 11.8 Å². The maximum absolute atomic E-state index is 6.23. The number of anilines is 1. The van der Waals surface area contributed by atoms with Crippen LogP contribution in [0.25, 0.3) is 10.2 Å². The van der Waals surface area contributed by atoms with Gasteiger partial charge in [-0.05, 0) is 17.5 Å². The summed E-state index contributed by atoms with van der Waals surface area (Å²) in [6.45, 7) is 0.749. The molecule has 0 spiro atoms. The number of thiophene rings is 2. The first-order valence-electron chi connectivity index (χ1n) is 7.66. The molecule has 4 rings (SSSR count). The Morgan fingerprint density at radius 1 is 1.12 bits per heavy atom. The number of hydrogen-bond acceptors (Lipinski definition) is 5. The normalized spacial score (nSPS) is 10.5. The van der Waals surface area contributed by atoms with Crippen molar-refractivity contribution >= 4 is 61.8 Å². The van der Waals surface area contributed by atoms with E-state index in [1.54, 1.807) is 41.1 Å². The summed E-state index contributed by atoms with van der Waals surface area (Å²) in [4.78, 5) is 9.70. The van der Waals surface area contributed by atoms with E-state index >= 15 is 0 Å². The van der Waals surface area contributed by atoms with Gasteiger partial charge in [0.15, 0.2) is 0 Å². The number of nitrogens with one attached hydrogen (secondary N) is 1. The van der Waals surface area contributed by atoms with Crippen molar-refractivity contribution in [3.8, 4) is 11.8 Å². The molecular weight excluding hydrogens is 405 g/mol. The quantitative estimate of drug-likeness (QED) is 0.325. The van der Waals surface area contributed by atoms with E-state index in [9.17, 15) is 0 Å². The van der Waals surface area contributed by atoms with Gasteiger partial charge in [-0.25, -0.2) is 4.98 Å². The summed E-state index contributed by atoms with van der Waals surface area (Å²) in [6, 6.07) is 7.78. The summed E-state index contributed by atoms with van der Waals surface area (Å²) in [5, 5.41) is 8.47. The van der Waals surface area contributed by atoms with Crippen LogP contribution in [-0.4, -0.2) is 9.97 Å². The molecule has 0 atom stereocenters. The molecule has 128 valence electrons. The minimum atomic E-state index is 0.439. The topological polar surface area (TPSA) is 37.8 Å². The van der Waals surface area contributed by atoms with Crippen molar-refractivity contribution in [1.82, 2.24) is 9.97 Å². The van der Waals surface area contributed by atoms with Crippen molar-refractivity contribution in [2.24, 2.45) is 0 Å². The molecule has 0 saturated carbocycles. The maximum Gasteiger partial charge on any atom is 0.131 e. The van der Waals surface area contributed by atoms with Gasteiger partial charge in [0.2, 0.25) is 0 Å². The van der Waals surface area contributed by atoms with Gasteiger partial charge >= 0.3 is 0 Å². The Labute approximate surface area is 168 Å². The first-order valence-corrected chi connectivity index (χ1v) is 10.2. The standard InChI is InChI=1S/C19H11Cl2N3S2/c20-15-10-22-6-5-12(15)3-4-13-11-26-19-16(8-17(21)24-18(13)19)23-9-14-2-1-7-25-14/h1-2,5-8,10-11H,9H2,(H,23,24). The van der Waals surface area contributed by atoms with Crippen LogP contribution in [0.2, 0.25) is 10.2 Å². The average molecular weight is 416 g/mol. The third kappa shape index (κ3) is 3.69. The fraction of sp³-hybridized carbons (Fsp3) is 0.0526. The summed E-state index contributed by atoms with van der Waals surface area (Å²) in [5.74, 6) is 6.23. The summed E-state index contributed by atoms with van der Waals surface area (Å²) in [5.41, 5.74) is 3.33. The maximum atomic E-state index is 6.23. The summed E-state index contributed by atoms with van der Waals surface area (Å²) >= 11 is 15.7. The second-order valence-corrected chi connectivity index (χ2v) is 8.06. The Hall–Kier alpha value is -2.10. The predicted molar refractivity (Wildman–Crippen MR) is 112 cm³/mol. The zero-order valence-electron chi connectivity index (χ0n) is 13.3. The lowest BCUT2D eigenvalue weighted by molar-refractivity contribution is 1.20. The summed E-state index contributed by atoms with van der Waals surface area (Å²) in [6.07, 6.45) is 3.25. The molecule has 0 aliphatic carbocycles. The number of halogens is 2. The Kier molecular flexibility index (Phi) is 5.09. The number of pyridine rings is 2. The molecule has 0 fully saturated rings. The van der Waals surface area contributed by atoms with Gasteiger partial charge in [0.25, 0.3) is 0 Å². The number of aromatic nitrogens is 2. The van der Waals surface area contributed by atoms with Gasteiger partial charge in [0.05, 0.1) is 21.0 Å². The molecule has 3 nitrogen and oxygen atoms in total. The zero-order chi connectivity index (χ0) is 17.9. The van der Waals surface area contributed by atoms with E-state index in [0.29, 0.717) is 10.2 Å². The molecule has 4 heterocycles. The van der Waals surface area contributed by atoms with E-state index < -0.39 is 0 Å². The molecule has 0 amide bonds. The Morgan fingerprint density at radius 3 is 2.81 bits per heavy atom. The highest BCUT2D eigenvalue weighted by atomic mass is 35.5. The van der Waals surface area contributed by atoms with Crippen LogP contribution in [0.15, 0.2) is 47.4 Å². The lowest BCUT2D eigenvalue weighted by atomic mass is 10.2. The van der Waals surface area contributed by atoms with Crippen molar-refractivity contribution in [1.29, 1.82) is 0 Å². The van der Waals surface area contributed by atoms with Gasteiger partial charge in [-0.2, -0.15) is 0 Å². The molecule has 4 aromatic rings. The van der Waals surface area contributed by atoms with Crippen molar-refractivity contribution in [3.63, 3.8) is 0 Å². The molecule has 0 aliphatic heterocycles. The fourth-order valence-corrected chi connectivity index (χ4v) is 4.34. The summed E-state index contributed by atoms with van der Waals surface area (Å²) < 4.78 is 1.04. The van der Waals surface area contributed by atoms with E-state index in [-0.39, 0.29) is 0 Å².